The van der Waals surface area contributed by atoms with Gasteiger partial charge < -0.3 is 26.3 Å². The van der Waals surface area contributed by atoms with Gasteiger partial charge in [-0.05, 0) is 37.4 Å². The van der Waals surface area contributed by atoms with Crippen LogP contribution in [0.1, 0.15) is 29.6 Å². The van der Waals surface area contributed by atoms with E-state index in [1.54, 1.807) is 0 Å². The van der Waals surface area contributed by atoms with E-state index in [4.69, 9.17) is 32.5 Å². The number of primary amides is 1. The molecule has 140 valence electrons. The Labute approximate surface area is 157 Å². The van der Waals surface area contributed by atoms with E-state index in [0.29, 0.717) is 18.0 Å². The fraction of sp³-hybridized carbons (Fsp3) is 0.500. The molecule has 0 saturated heterocycles. The van der Waals surface area contributed by atoms with Gasteiger partial charge in [-0.2, -0.15) is 0 Å². The molecular weight excluding hydrogens is 369 g/mol. The quantitative estimate of drug-likeness (QED) is 0.650. The molecule has 2 rings (SSSR count). The minimum Gasteiger partial charge on any atom is -0.493 e. The fourth-order valence-electron chi connectivity index (χ4n) is 2.90. The van der Waals surface area contributed by atoms with E-state index in [9.17, 15) is 9.59 Å². The predicted molar refractivity (Wildman–Crippen MR) is 97.6 cm³/mol. The number of benzene rings is 1. The maximum Gasteiger partial charge on any atom is 0.255 e. The van der Waals surface area contributed by atoms with Crippen LogP contribution in [0.25, 0.3) is 0 Å². The van der Waals surface area contributed by atoms with Crippen molar-refractivity contribution in [1.82, 2.24) is 5.32 Å². The van der Waals surface area contributed by atoms with Gasteiger partial charge in [0.2, 0.25) is 0 Å². The van der Waals surface area contributed by atoms with Gasteiger partial charge >= 0.3 is 0 Å². The second-order valence-electron chi connectivity index (χ2n) is 5.75. The molecule has 5 N–H and O–H groups in total. The highest BCUT2D eigenvalue weighted by Gasteiger charge is 2.28. The first kappa shape index (κ1) is 21.3. The summed E-state index contributed by atoms with van der Waals surface area (Å²) in [6.07, 6.45) is 2.99. The Morgan fingerprint density at radius 3 is 2.68 bits per heavy atom. The summed E-state index contributed by atoms with van der Waals surface area (Å²) < 4.78 is 10.4. The topological polar surface area (TPSA) is 117 Å². The van der Waals surface area contributed by atoms with Crippen LogP contribution < -0.4 is 26.3 Å². The third-order valence-electron chi connectivity index (χ3n) is 4.13. The van der Waals surface area contributed by atoms with Gasteiger partial charge in [-0.15, -0.1) is 12.4 Å². The van der Waals surface area contributed by atoms with E-state index < -0.39 is 5.91 Å². The van der Waals surface area contributed by atoms with Crippen molar-refractivity contribution in [2.75, 3.05) is 20.3 Å². The number of carbonyl (C=O) groups excluding carboxylic acids is 2. The molecule has 25 heavy (non-hydrogen) atoms. The normalized spacial score (nSPS) is 19.0. The minimum atomic E-state index is -0.635. The first-order chi connectivity index (χ1) is 11.5. The van der Waals surface area contributed by atoms with Crippen LogP contribution in [-0.2, 0) is 4.79 Å². The first-order valence-corrected chi connectivity index (χ1v) is 8.13. The highest BCUT2D eigenvalue weighted by atomic mass is 35.5. The molecule has 1 aliphatic rings. The van der Waals surface area contributed by atoms with Gasteiger partial charge in [-0.25, -0.2) is 0 Å². The van der Waals surface area contributed by atoms with Crippen LogP contribution >= 0.6 is 24.0 Å². The number of ether oxygens (including phenoxy) is 2. The largest absolute Gasteiger partial charge is 0.493 e. The lowest BCUT2D eigenvalue weighted by atomic mass is 10.0. The molecule has 2 amide bonds. The zero-order valence-corrected chi connectivity index (χ0v) is 15.5. The SMILES string of the molecule is COc1cc(C(=O)NC2CCCC2CN)cc(Cl)c1OCC(N)=O.Cl. The average Bonchev–Trinajstić information content (AvgIpc) is 2.99. The Balaban J connectivity index is 0.00000312. The van der Waals surface area contributed by atoms with Crippen LogP contribution in [0.4, 0.5) is 0 Å². The van der Waals surface area contributed by atoms with Crippen molar-refractivity contribution in [3.63, 3.8) is 0 Å². The molecule has 1 aromatic rings. The van der Waals surface area contributed by atoms with Crippen LogP contribution in [-0.4, -0.2) is 38.1 Å². The Kier molecular flexibility index (Phi) is 8.28. The van der Waals surface area contributed by atoms with Crippen LogP contribution in [0.3, 0.4) is 0 Å². The Hall–Kier alpha value is -1.70. The van der Waals surface area contributed by atoms with E-state index in [1.807, 2.05) is 0 Å². The van der Waals surface area contributed by atoms with Gasteiger partial charge in [0.05, 0.1) is 12.1 Å². The standard InChI is InChI=1S/C16H22ClN3O4.ClH/c1-23-13-6-10(5-11(17)15(13)24-8-14(19)21)16(22)20-12-4-2-3-9(12)7-18;/h5-6,9,12H,2-4,7-8,18H2,1H3,(H2,19,21)(H,20,22);1H. The van der Waals surface area contributed by atoms with Gasteiger partial charge in [0.1, 0.15) is 0 Å². The molecule has 1 fully saturated rings. The van der Waals surface area contributed by atoms with Gasteiger partial charge in [-0.3, -0.25) is 9.59 Å². The molecule has 1 aromatic carbocycles. The van der Waals surface area contributed by atoms with E-state index >= 15 is 0 Å². The van der Waals surface area contributed by atoms with E-state index in [0.717, 1.165) is 19.3 Å². The van der Waals surface area contributed by atoms with Crippen LogP contribution in [0, 0.1) is 5.92 Å². The number of hydrogen-bond donors (Lipinski definition) is 3. The second-order valence-corrected chi connectivity index (χ2v) is 6.16. The van der Waals surface area contributed by atoms with Crippen LogP contribution in [0.2, 0.25) is 5.02 Å². The van der Waals surface area contributed by atoms with Gasteiger partial charge in [-0.1, -0.05) is 18.0 Å². The zero-order chi connectivity index (χ0) is 17.7. The molecule has 1 saturated carbocycles. The summed E-state index contributed by atoms with van der Waals surface area (Å²) in [6, 6.07) is 3.06. The van der Waals surface area contributed by atoms with Crippen molar-refractivity contribution in [1.29, 1.82) is 0 Å². The Morgan fingerprint density at radius 1 is 1.36 bits per heavy atom. The smallest absolute Gasteiger partial charge is 0.255 e. The van der Waals surface area contributed by atoms with Crippen molar-refractivity contribution in [3.05, 3.63) is 22.7 Å². The molecule has 9 heteroatoms. The van der Waals surface area contributed by atoms with Crippen molar-refractivity contribution >= 4 is 35.8 Å². The Bertz CT molecular complexity index is 628. The molecule has 0 aliphatic heterocycles. The summed E-state index contributed by atoms with van der Waals surface area (Å²) >= 11 is 6.16. The van der Waals surface area contributed by atoms with Crippen LogP contribution in [0.5, 0.6) is 11.5 Å². The maximum absolute atomic E-state index is 12.5. The lowest BCUT2D eigenvalue weighted by Gasteiger charge is -2.20. The van der Waals surface area contributed by atoms with Gasteiger partial charge in [0.25, 0.3) is 11.8 Å². The molecule has 0 aromatic heterocycles. The molecule has 0 bridgehead atoms. The second kappa shape index (κ2) is 9.70. The summed E-state index contributed by atoms with van der Waals surface area (Å²) in [5, 5.41) is 3.17. The third kappa shape index (κ3) is 5.39. The number of rotatable bonds is 7. The van der Waals surface area contributed by atoms with Crippen molar-refractivity contribution in [2.45, 2.75) is 25.3 Å². The summed E-state index contributed by atoms with van der Waals surface area (Å²) in [6.45, 7) is 0.219. The number of amides is 2. The summed E-state index contributed by atoms with van der Waals surface area (Å²) in [4.78, 5) is 23.3. The molecule has 0 heterocycles. The van der Waals surface area contributed by atoms with Crippen molar-refractivity contribution in [3.8, 4) is 11.5 Å². The molecule has 0 spiro atoms. The van der Waals surface area contributed by atoms with Crippen LogP contribution in [0.15, 0.2) is 12.1 Å². The number of methoxy groups -OCH3 is 1. The average molecular weight is 392 g/mol. The predicted octanol–water partition coefficient (Wildman–Crippen LogP) is 1.49. The van der Waals surface area contributed by atoms with E-state index in [1.165, 1.54) is 19.2 Å². The van der Waals surface area contributed by atoms with Gasteiger partial charge in [0, 0.05) is 11.6 Å². The highest BCUT2D eigenvalue weighted by molar-refractivity contribution is 6.32. The molecule has 0 radical (unpaired) electrons. The number of carbonyl (C=O) groups is 2. The molecule has 2 unspecified atom stereocenters. The highest BCUT2D eigenvalue weighted by Crippen LogP contribution is 2.36. The lowest BCUT2D eigenvalue weighted by Crippen LogP contribution is -2.39. The summed E-state index contributed by atoms with van der Waals surface area (Å²) in [5.41, 5.74) is 11.1. The molecule has 2 atom stereocenters. The van der Waals surface area contributed by atoms with Crippen molar-refractivity contribution < 1.29 is 19.1 Å². The zero-order valence-electron chi connectivity index (χ0n) is 13.9. The number of nitrogens with one attached hydrogen (secondary N) is 1. The minimum absolute atomic E-state index is 0. The third-order valence-corrected chi connectivity index (χ3v) is 4.41. The lowest BCUT2D eigenvalue weighted by molar-refractivity contribution is -0.119. The number of nitrogens with two attached hydrogens (primary N) is 2. The van der Waals surface area contributed by atoms with E-state index in [-0.39, 0.29) is 47.5 Å². The summed E-state index contributed by atoms with van der Waals surface area (Å²) in [5.74, 6) is -0.151. The number of hydrogen-bond acceptors (Lipinski definition) is 5. The first-order valence-electron chi connectivity index (χ1n) is 7.75. The summed E-state index contributed by atoms with van der Waals surface area (Å²) in [7, 11) is 1.42. The van der Waals surface area contributed by atoms with Crippen molar-refractivity contribution in [2.24, 2.45) is 17.4 Å². The number of halogens is 2. The molecule has 1 aliphatic carbocycles. The monoisotopic (exact) mass is 391 g/mol. The van der Waals surface area contributed by atoms with E-state index in [2.05, 4.69) is 5.32 Å². The van der Waals surface area contributed by atoms with Gasteiger partial charge in [0.15, 0.2) is 18.1 Å². The molecule has 7 nitrogen and oxygen atoms in total. The molecular formula is C16H23Cl2N3O4. The Morgan fingerprint density at radius 2 is 2.08 bits per heavy atom. The fourth-order valence-corrected chi connectivity index (χ4v) is 3.16. The maximum atomic E-state index is 12.5.